The Morgan fingerprint density at radius 1 is 1.55 bits per heavy atom. The van der Waals surface area contributed by atoms with Gasteiger partial charge in [0.25, 0.3) is 0 Å². The van der Waals surface area contributed by atoms with Crippen molar-refractivity contribution in [1.82, 2.24) is 0 Å². The summed E-state index contributed by atoms with van der Waals surface area (Å²) in [5.74, 6) is -0.389. The third-order valence-corrected chi connectivity index (χ3v) is 1.56. The van der Waals surface area contributed by atoms with Gasteiger partial charge in [-0.15, -0.1) is 12.4 Å². The number of nitrogens with two attached hydrogens (primary N) is 1. The monoisotopic (exact) mass is 181 g/mol. The van der Waals surface area contributed by atoms with Crippen LogP contribution in [0.15, 0.2) is 0 Å². The van der Waals surface area contributed by atoms with Crippen LogP contribution in [-0.2, 0) is 9.47 Å². The summed E-state index contributed by atoms with van der Waals surface area (Å²) in [5, 5.41) is 0. The van der Waals surface area contributed by atoms with E-state index in [0.717, 1.165) is 6.42 Å². The van der Waals surface area contributed by atoms with Crippen molar-refractivity contribution in [2.24, 2.45) is 5.73 Å². The predicted octanol–water partition coefficient (Wildman–Crippen LogP) is 0.909. The SMILES string of the molecule is CC1(C)OC[C@@H](CCN)O1.Cl. The van der Waals surface area contributed by atoms with E-state index >= 15 is 0 Å². The molecule has 2 N–H and O–H groups in total. The molecule has 1 saturated heterocycles. The zero-order chi connectivity index (χ0) is 7.61. The van der Waals surface area contributed by atoms with Gasteiger partial charge >= 0.3 is 0 Å². The van der Waals surface area contributed by atoms with E-state index in [1.807, 2.05) is 13.8 Å². The van der Waals surface area contributed by atoms with Crippen molar-refractivity contribution in [2.45, 2.75) is 32.2 Å². The summed E-state index contributed by atoms with van der Waals surface area (Å²) in [6.07, 6.45) is 1.10. The Hall–Kier alpha value is 0.170. The maximum atomic E-state index is 5.49. The third-order valence-electron chi connectivity index (χ3n) is 1.56. The van der Waals surface area contributed by atoms with E-state index in [9.17, 15) is 0 Å². The lowest BCUT2D eigenvalue weighted by Gasteiger charge is -2.16. The van der Waals surface area contributed by atoms with Crippen molar-refractivity contribution in [3.8, 4) is 0 Å². The molecule has 0 radical (unpaired) electrons. The molecular formula is C7H16ClNO2. The van der Waals surface area contributed by atoms with Crippen LogP contribution in [0, 0.1) is 0 Å². The van der Waals surface area contributed by atoms with Crippen LogP contribution in [0.1, 0.15) is 20.3 Å². The summed E-state index contributed by atoms with van der Waals surface area (Å²) in [7, 11) is 0. The Morgan fingerprint density at radius 2 is 2.18 bits per heavy atom. The Balaban J connectivity index is 0.000001000. The maximum absolute atomic E-state index is 5.49. The van der Waals surface area contributed by atoms with Crippen LogP contribution in [0.5, 0.6) is 0 Å². The second-order valence-electron chi connectivity index (χ2n) is 3.03. The van der Waals surface area contributed by atoms with Crippen molar-refractivity contribution < 1.29 is 9.47 Å². The number of rotatable bonds is 2. The molecule has 0 aromatic heterocycles. The van der Waals surface area contributed by atoms with Gasteiger partial charge in [-0.25, -0.2) is 0 Å². The highest BCUT2D eigenvalue weighted by atomic mass is 35.5. The molecule has 0 spiro atoms. The van der Waals surface area contributed by atoms with Crippen molar-refractivity contribution in [3.05, 3.63) is 0 Å². The van der Waals surface area contributed by atoms with Crippen LogP contribution in [0.3, 0.4) is 0 Å². The van der Waals surface area contributed by atoms with Crippen LogP contribution < -0.4 is 5.73 Å². The molecule has 0 aromatic rings. The summed E-state index contributed by atoms with van der Waals surface area (Å²) in [6.45, 7) is 5.20. The molecule has 1 heterocycles. The number of hydrogen-bond acceptors (Lipinski definition) is 3. The Kier molecular flexibility index (Phi) is 4.32. The largest absolute Gasteiger partial charge is 0.348 e. The highest BCUT2D eigenvalue weighted by Gasteiger charge is 2.31. The first-order valence-corrected chi connectivity index (χ1v) is 3.66. The molecule has 68 valence electrons. The Morgan fingerprint density at radius 3 is 2.55 bits per heavy atom. The molecule has 1 aliphatic rings. The first kappa shape index (κ1) is 11.2. The van der Waals surface area contributed by atoms with Crippen molar-refractivity contribution in [3.63, 3.8) is 0 Å². The standard InChI is InChI=1S/C7H15NO2.ClH/c1-7(2)9-5-6(10-7)3-4-8;/h6H,3-5,8H2,1-2H3;1H/t6-;/m1./s1. The van der Waals surface area contributed by atoms with Crippen molar-refractivity contribution in [1.29, 1.82) is 0 Å². The van der Waals surface area contributed by atoms with Gasteiger partial charge in [-0.2, -0.15) is 0 Å². The molecule has 1 aliphatic heterocycles. The van der Waals surface area contributed by atoms with Crippen LogP contribution in [-0.4, -0.2) is 25.0 Å². The quantitative estimate of drug-likeness (QED) is 0.689. The average molecular weight is 182 g/mol. The molecule has 0 aliphatic carbocycles. The van der Waals surface area contributed by atoms with Crippen molar-refractivity contribution >= 4 is 12.4 Å². The highest BCUT2D eigenvalue weighted by molar-refractivity contribution is 5.85. The summed E-state index contributed by atoms with van der Waals surface area (Å²) in [5.41, 5.74) is 5.36. The molecular weight excluding hydrogens is 166 g/mol. The first-order valence-electron chi connectivity index (χ1n) is 3.66. The van der Waals surface area contributed by atoms with E-state index in [1.54, 1.807) is 0 Å². The molecule has 1 fully saturated rings. The van der Waals surface area contributed by atoms with Gasteiger partial charge in [0, 0.05) is 0 Å². The van der Waals surface area contributed by atoms with E-state index in [0.29, 0.717) is 13.2 Å². The van der Waals surface area contributed by atoms with E-state index < -0.39 is 0 Å². The smallest absolute Gasteiger partial charge is 0.163 e. The Bertz CT molecular complexity index is 119. The minimum absolute atomic E-state index is 0. The van der Waals surface area contributed by atoms with E-state index in [4.69, 9.17) is 15.2 Å². The lowest BCUT2D eigenvalue weighted by atomic mass is 10.3. The number of ether oxygens (including phenoxy) is 2. The summed E-state index contributed by atoms with van der Waals surface area (Å²) in [6, 6.07) is 0. The van der Waals surface area contributed by atoms with Gasteiger partial charge in [-0.1, -0.05) is 0 Å². The fourth-order valence-corrected chi connectivity index (χ4v) is 1.09. The molecule has 4 heteroatoms. The van der Waals surface area contributed by atoms with Gasteiger partial charge in [0.05, 0.1) is 12.7 Å². The van der Waals surface area contributed by atoms with Crippen molar-refractivity contribution in [2.75, 3.05) is 13.2 Å². The fourth-order valence-electron chi connectivity index (χ4n) is 1.09. The van der Waals surface area contributed by atoms with Gasteiger partial charge in [-0.3, -0.25) is 0 Å². The molecule has 1 atom stereocenters. The highest BCUT2D eigenvalue weighted by Crippen LogP contribution is 2.23. The molecule has 3 nitrogen and oxygen atoms in total. The topological polar surface area (TPSA) is 44.5 Å². The van der Waals surface area contributed by atoms with E-state index in [1.165, 1.54) is 0 Å². The second-order valence-corrected chi connectivity index (χ2v) is 3.03. The maximum Gasteiger partial charge on any atom is 0.163 e. The lowest BCUT2D eigenvalue weighted by Crippen LogP contribution is -2.22. The zero-order valence-corrected chi connectivity index (χ0v) is 7.82. The predicted molar refractivity (Wildman–Crippen MR) is 45.8 cm³/mol. The molecule has 1 rings (SSSR count). The van der Waals surface area contributed by atoms with Crippen LogP contribution in [0.25, 0.3) is 0 Å². The van der Waals surface area contributed by atoms with Crippen LogP contribution >= 0.6 is 12.4 Å². The fraction of sp³-hybridized carbons (Fsp3) is 1.00. The molecule has 0 aromatic carbocycles. The zero-order valence-electron chi connectivity index (χ0n) is 7.00. The average Bonchev–Trinajstić information content (AvgIpc) is 2.12. The molecule has 0 bridgehead atoms. The van der Waals surface area contributed by atoms with Gasteiger partial charge in [0.1, 0.15) is 0 Å². The second kappa shape index (κ2) is 4.26. The number of halogens is 1. The Labute approximate surface area is 73.6 Å². The van der Waals surface area contributed by atoms with Gasteiger partial charge < -0.3 is 15.2 Å². The molecule has 11 heavy (non-hydrogen) atoms. The molecule has 0 saturated carbocycles. The van der Waals surface area contributed by atoms with Gasteiger partial charge in [0.2, 0.25) is 0 Å². The molecule has 0 unspecified atom stereocenters. The third kappa shape index (κ3) is 3.38. The minimum Gasteiger partial charge on any atom is -0.348 e. The van der Waals surface area contributed by atoms with E-state index in [2.05, 4.69) is 0 Å². The van der Waals surface area contributed by atoms with Crippen LogP contribution in [0.4, 0.5) is 0 Å². The normalized spacial score (nSPS) is 28.1. The number of hydrogen-bond donors (Lipinski definition) is 1. The molecule has 0 amide bonds. The summed E-state index contributed by atoms with van der Waals surface area (Å²) < 4.78 is 10.8. The summed E-state index contributed by atoms with van der Waals surface area (Å²) >= 11 is 0. The minimum atomic E-state index is -0.389. The summed E-state index contributed by atoms with van der Waals surface area (Å²) in [4.78, 5) is 0. The van der Waals surface area contributed by atoms with Gasteiger partial charge in [0.15, 0.2) is 5.79 Å². The van der Waals surface area contributed by atoms with Gasteiger partial charge in [-0.05, 0) is 26.8 Å². The van der Waals surface area contributed by atoms with Crippen LogP contribution in [0.2, 0.25) is 0 Å². The lowest BCUT2D eigenvalue weighted by molar-refractivity contribution is -0.138. The van der Waals surface area contributed by atoms with E-state index in [-0.39, 0.29) is 24.3 Å². The first-order chi connectivity index (χ1) is 4.64.